The van der Waals surface area contributed by atoms with Gasteiger partial charge in [0, 0.05) is 31.2 Å². The molecule has 2 aliphatic heterocycles. The molecule has 3 heterocycles. The number of fused-ring (bicyclic) bond motifs is 1. The van der Waals surface area contributed by atoms with Crippen LogP contribution in [0.5, 0.6) is 5.88 Å². The molecule has 13 heteroatoms. The van der Waals surface area contributed by atoms with E-state index in [1.165, 1.54) is 12.6 Å². The highest BCUT2D eigenvalue weighted by Crippen LogP contribution is 2.35. The molecule has 1 aromatic rings. The van der Waals surface area contributed by atoms with Gasteiger partial charge in [-0.05, 0) is 12.8 Å². The maximum atomic E-state index is 11.8. The van der Waals surface area contributed by atoms with Gasteiger partial charge in [0.1, 0.15) is 12.1 Å². The second-order valence-corrected chi connectivity index (χ2v) is 7.94. The van der Waals surface area contributed by atoms with Crippen molar-refractivity contribution >= 4 is 21.8 Å². The van der Waals surface area contributed by atoms with E-state index in [0.29, 0.717) is 12.4 Å². The molecule has 0 spiro atoms. The number of carboxylic acid groups (broad SMARTS) is 1. The molecule has 27 heavy (non-hydrogen) atoms. The van der Waals surface area contributed by atoms with Crippen LogP contribution in [-0.4, -0.2) is 78.5 Å². The van der Waals surface area contributed by atoms with Gasteiger partial charge in [-0.15, -0.1) is 0 Å². The lowest BCUT2D eigenvalue weighted by molar-refractivity contribution is -0.192. The van der Waals surface area contributed by atoms with Gasteiger partial charge >= 0.3 is 12.1 Å². The van der Waals surface area contributed by atoms with Crippen LogP contribution < -0.4 is 9.64 Å². The Bertz CT molecular complexity index is 789. The minimum Gasteiger partial charge on any atom is -0.481 e. The van der Waals surface area contributed by atoms with E-state index >= 15 is 0 Å². The summed E-state index contributed by atoms with van der Waals surface area (Å²) in [5, 5.41) is 7.12. The van der Waals surface area contributed by atoms with Crippen molar-refractivity contribution in [2.24, 2.45) is 0 Å². The third kappa shape index (κ3) is 4.97. The molecule has 152 valence electrons. The van der Waals surface area contributed by atoms with E-state index in [2.05, 4.69) is 14.9 Å². The van der Waals surface area contributed by atoms with Crippen LogP contribution in [0.15, 0.2) is 12.4 Å². The Kier molecular flexibility index (Phi) is 6.14. The van der Waals surface area contributed by atoms with Gasteiger partial charge in [0.2, 0.25) is 15.9 Å². The maximum Gasteiger partial charge on any atom is 0.490 e. The highest BCUT2D eigenvalue weighted by atomic mass is 32.2. The van der Waals surface area contributed by atoms with Crippen LogP contribution in [0.1, 0.15) is 12.8 Å². The molecule has 0 bridgehead atoms. The van der Waals surface area contributed by atoms with E-state index in [0.717, 1.165) is 25.2 Å². The molecule has 3 rings (SSSR count). The number of hydrogen-bond acceptors (Lipinski definition) is 7. The summed E-state index contributed by atoms with van der Waals surface area (Å²) in [6.07, 6.45) is -0.648. The molecule has 2 aliphatic rings. The number of carboxylic acids is 1. The number of carbonyl (C=O) groups is 1. The summed E-state index contributed by atoms with van der Waals surface area (Å²) < 4.78 is 62.0. The number of hydrogen-bond donors (Lipinski definition) is 1. The molecule has 9 nitrogen and oxygen atoms in total. The van der Waals surface area contributed by atoms with Gasteiger partial charge in [-0.2, -0.15) is 17.5 Å². The molecule has 0 saturated carbocycles. The van der Waals surface area contributed by atoms with Gasteiger partial charge in [0.15, 0.2) is 0 Å². The van der Waals surface area contributed by atoms with Crippen LogP contribution in [0.2, 0.25) is 0 Å². The molecule has 1 aromatic heterocycles. The Morgan fingerprint density at radius 3 is 2.37 bits per heavy atom. The first kappa shape index (κ1) is 21.2. The number of nitrogens with zero attached hydrogens (tertiary/aromatic N) is 4. The van der Waals surface area contributed by atoms with E-state index in [1.54, 1.807) is 17.5 Å². The summed E-state index contributed by atoms with van der Waals surface area (Å²) in [6.45, 7) is 1.40. The van der Waals surface area contributed by atoms with Gasteiger partial charge in [-0.3, -0.25) is 0 Å². The average molecular weight is 412 g/mol. The lowest BCUT2D eigenvalue weighted by atomic mass is 10.1. The topological polar surface area (TPSA) is 113 Å². The van der Waals surface area contributed by atoms with Crippen LogP contribution in [0.3, 0.4) is 0 Å². The van der Waals surface area contributed by atoms with Crippen LogP contribution in [0.25, 0.3) is 0 Å². The van der Waals surface area contributed by atoms with Crippen LogP contribution in [-0.2, 0) is 14.8 Å². The van der Waals surface area contributed by atoms with Gasteiger partial charge in [-0.25, -0.2) is 23.2 Å². The van der Waals surface area contributed by atoms with Crippen LogP contribution in [0, 0.1) is 0 Å². The average Bonchev–Trinajstić information content (AvgIpc) is 3.15. The third-order valence-corrected chi connectivity index (χ3v) is 5.63. The number of alkyl halides is 3. The number of rotatable bonds is 3. The van der Waals surface area contributed by atoms with Crippen molar-refractivity contribution in [3.05, 3.63) is 12.4 Å². The molecule has 2 atom stereocenters. The fraction of sp³-hybridized carbons (Fsp3) is 0.643. The molecule has 0 aromatic carbocycles. The Morgan fingerprint density at radius 1 is 1.26 bits per heavy atom. The Morgan fingerprint density at radius 2 is 1.85 bits per heavy atom. The smallest absolute Gasteiger partial charge is 0.481 e. The van der Waals surface area contributed by atoms with Crippen molar-refractivity contribution in [1.29, 1.82) is 0 Å². The SMILES string of the molecule is COc1cc(N2CC[C@@H]3[C@@H]2CCN3S(C)(=O)=O)ncn1.O=C(O)C(F)(F)F. The van der Waals surface area contributed by atoms with E-state index in [9.17, 15) is 21.6 Å². The Hall–Kier alpha value is -2.15. The first-order chi connectivity index (χ1) is 12.4. The first-order valence-corrected chi connectivity index (χ1v) is 9.69. The van der Waals surface area contributed by atoms with Crippen molar-refractivity contribution in [1.82, 2.24) is 14.3 Å². The number of sulfonamides is 1. The van der Waals surface area contributed by atoms with Crippen molar-refractivity contribution in [2.75, 3.05) is 31.4 Å². The summed E-state index contributed by atoms with van der Waals surface area (Å²) >= 11 is 0. The highest BCUT2D eigenvalue weighted by Gasteiger charge is 2.46. The summed E-state index contributed by atoms with van der Waals surface area (Å²) in [4.78, 5) is 19.3. The third-order valence-electron chi connectivity index (χ3n) is 4.32. The van der Waals surface area contributed by atoms with Crippen molar-refractivity contribution in [2.45, 2.75) is 31.1 Å². The Balaban J connectivity index is 0.000000321. The largest absolute Gasteiger partial charge is 0.490 e. The number of aliphatic carboxylic acids is 1. The normalized spacial score (nSPS) is 22.8. The van der Waals surface area contributed by atoms with E-state index < -0.39 is 22.2 Å². The van der Waals surface area contributed by atoms with Crippen LogP contribution in [0.4, 0.5) is 19.0 Å². The molecule has 1 N–H and O–H groups in total. The molecule has 2 saturated heterocycles. The fourth-order valence-electron chi connectivity index (χ4n) is 3.24. The zero-order valence-corrected chi connectivity index (χ0v) is 15.4. The van der Waals surface area contributed by atoms with Crippen molar-refractivity contribution in [3.8, 4) is 5.88 Å². The molecular formula is C14H19F3N4O5S. The van der Waals surface area contributed by atoms with E-state index in [4.69, 9.17) is 14.6 Å². The number of methoxy groups -OCH3 is 1. The zero-order chi connectivity index (χ0) is 20.4. The van der Waals surface area contributed by atoms with Gasteiger partial charge in [0.25, 0.3) is 0 Å². The minimum atomic E-state index is -5.08. The predicted molar refractivity (Wildman–Crippen MR) is 88.0 cm³/mol. The minimum absolute atomic E-state index is 0.0611. The first-order valence-electron chi connectivity index (χ1n) is 7.84. The number of anilines is 1. The van der Waals surface area contributed by atoms with Gasteiger partial charge in [-0.1, -0.05) is 0 Å². The van der Waals surface area contributed by atoms with Crippen LogP contribution >= 0.6 is 0 Å². The Labute approximate surface area is 153 Å². The summed E-state index contributed by atoms with van der Waals surface area (Å²) in [5.41, 5.74) is 0. The van der Waals surface area contributed by atoms with Crippen molar-refractivity contribution in [3.63, 3.8) is 0 Å². The van der Waals surface area contributed by atoms with Gasteiger partial charge in [0.05, 0.1) is 13.4 Å². The van der Waals surface area contributed by atoms with Crippen molar-refractivity contribution < 1.29 is 36.2 Å². The zero-order valence-electron chi connectivity index (χ0n) is 14.5. The number of ether oxygens (including phenoxy) is 1. The standard InChI is InChI=1S/C12H18N4O3S.C2HF3O2/c1-19-12-7-11(13-8-14-12)15-5-3-10-9(15)4-6-16(10)20(2,17)18;3-2(4,5)1(6)7/h7-10H,3-6H2,1-2H3;(H,6,7)/t9-,10+;/m0./s1. The highest BCUT2D eigenvalue weighted by molar-refractivity contribution is 7.88. The van der Waals surface area contributed by atoms with E-state index in [1.807, 2.05) is 0 Å². The molecule has 0 radical (unpaired) electrons. The molecular weight excluding hydrogens is 393 g/mol. The second-order valence-electron chi connectivity index (χ2n) is 6.00. The monoisotopic (exact) mass is 412 g/mol. The second kappa shape index (κ2) is 7.84. The molecule has 0 amide bonds. The maximum absolute atomic E-state index is 11.8. The number of halogens is 3. The summed E-state index contributed by atoms with van der Waals surface area (Å²) in [7, 11) is -1.56. The lowest BCUT2D eigenvalue weighted by Gasteiger charge is -2.25. The number of aromatic nitrogens is 2. The quantitative estimate of drug-likeness (QED) is 0.773. The fourth-order valence-corrected chi connectivity index (χ4v) is 4.42. The summed E-state index contributed by atoms with van der Waals surface area (Å²) in [5.74, 6) is -1.43. The summed E-state index contributed by atoms with van der Waals surface area (Å²) in [6, 6.07) is 2.06. The molecule has 2 fully saturated rings. The molecule has 0 aliphatic carbocycles. The predicted octanol–water partition coefficient (Wildman–Crippen LogP) is 0.731. The van der Waals surface area contributed by atoms with Gasteiger partial charge < -0.3 is 14.7 Å². The van der Waals surface area contributed by atoms with E-state index in [-0.39, 0.29) is 12.1 Å². The molecule has 0 unspecified atom stereocenters. The lowest BCUT2D eigenvalue weighted by Crippen LogP contribution is -2.39.